The molecule has 1 aromatic carbocycles. The lowest BCUT2D eigenvalue weighted by molar-refractivity contribution is 0.257. The van der Waals surface area contributed by atoms with Gasteiger partial charge in [0.2, 0.25) is 4.77 Å². The fourth-order valence-electron chi connectivity index (χ4n) is 1.84. The normalized spacial score (nSPS) is 11.2. The summed E-state index contributed by atoms with van der Waals surface area (Å²) in [7, 11) is 1.57. The van der Waals surface area contributed by atoms with Gasteiger partial charge in [-0.25, -0.2) is 0 Å². The van der Waals surface area contributed by atoms with Crippen molar-refractivity contribution in [3.05, 3.63) is 44.6 Å². The monoisotopic (exact) mass is 348 g/mol. The van der Waals surface area contributed by atoms with Crippen molar-refractivity contribution >= 4 is 18.4 Å². The molecule has 1 aromatic heterocycles. The van der Waals surface area contributed by atoms with Crippen LogP contribution in [0, 0.1) is 17.6 Å². The van der Waals surface area contributed by atoms with E-state index in [1.807, 2.05) is 12.1 Å². The molecule has 8 heteroatoms. The van der Waals surface area contributed by atoms with E-state index in [0.29, 0.717) is 24.0 Å². The zero-order valence-electron chi connectivity index (χ0n) is 14.1. The Kier molecular flexibility index (Phi) is 5.86. The van der Waals surface area contributed by atoms with Gasteiger partial charge in [-0.1, -0.05) is 13.8 Å². The third kappa shape index (κ3) is 4.29. The van der Waals surface area contributed by atoms with E-state index >= 15 is 0 Å². The van der Waals surface area contributed by atoms with Gasteiger partial charge < -0.3 is 9.47 Å². The van der Waals surface area contributed by atoms with E-state index in [1.165, 1.54) is 6.21 Å². The molecule has 0 saturated heterocycles. The lowest BCUT2D eigenvalue weighted by atomic mass is 10.2. The molecule has 1 heterocycles. The number of aryl methyl sites for hydroxylation is 1. The summed E-state index contributed by atoms with van der Waals surface area (Å²) in [6.07, 6.45) is 1.53. The minimum absolute atomic E-state index is 0.130. The molecular formula is C16H20N4O3S. The highest BCUT2D eigenvalue weighted by Crippen LogP contribution is 2.27. The van der Waals surface area contributed by atoms with Crippen LogP contribution in [-0.2, 0) is 0 Å². The second kappa shape index (κ2) is 7.87. The molecule has 0 aliphatic heterocycles. The maximum atomic E-state index is 12.0. The molecule has 128 valence electrons. The summed E-state index contributed by atoms with van der Waals surface area (Å²) in [5.41, 5.74) is 0.675. The maximum Gasteiger partial charge on any atom is 0.296 e. The molecular weight excluding hydrogens is 328 g/mol. The van der Waals surface area contributed by atoms with Crippen molar-refractivity contribution in [1.82, 2.24) is 14.9 Å². The molecule has 24 heavy (non-hydrogen) atoms. The van der Waals surface area contributed by atoms with Crippen LogP contribution < -0.4 is 15.0 Å². The van der Waals surface area contributed by atoms with Crippen LogP contribution in [0.25, 0.3) is 0 Å². The Morgan fingerprint density at radius 2 is 2.17 bits per heavy atom. The van der Waals surface area contributed by atoms with Crippen molar-refractivity contribution in [3.63, 3.8) is 0 Å². The van der Waals surface area contributed by atoms with Gasteiger partial charge in [0.15, 0.2) is 11.5 Å². The molecule has 2 rings (SSSR count). The lowest BCUT2D eigenvalue weighted by Crippen LogP contribution is -2.22. The number of methoxy groups -OCH3 is 1. The fraction of sp³-hybridized carbons (Fsp3) is 0.375. The molecule has 1 N–H and O–H groups in total. The van der Waals surface area contributed by atoms with Gasteiger partial charge in [0.1, 0.15) is 5.69 Å². The first-order valence-corrected chi connectivity index (χ1v) is 7.86. The topological polar surface area (TPSA) is 81.5 Å². The van der Waals surface area contributed by atoms with Crippen molar-refractivity contribution in [3.8, 4) is 11.5 Å². The summed E-state index contributed by atoms with van der Waals surface area (Å²) < 4.78 is 12.3. The van der Waals surface area contributed by atoms with Gasteiger partial charge in [-0.3, -0.25) is 9.89 Å². The van der Waals surface area contributed by atoms with Crippen LogP contribution in [-0.4, -0.2) is 34.8 Å². The number of nitrogens with one attached hydrogen (secondary N) is 1. The molecule has 0 atom stereocenters. The highest BCUT2D eigenvalue weighted by Gasteiger charge is 2.07. The van der Waals surface area contributed by atoms with Crippen molar-refractivity contribution < 1.29 is 9.47 Å². The molecule has 2 aromatic rings. The van der Waals surface area contributed by atoms with Gasteiger partial charge in [0, 0.05) is 0 Å². The second-order valence-electron chi connectivity index (χ2n) is 5.59. The molecule has 0 saturated carbocycles. The first-order valence-electron chi connectivity index (χ1n) is 7.46. The van der Waals surface area contributed by atoms with E-state index in [9.17, 15) is 4.79 Å². The predicted octanol–water partition coefficient (Wildman–Crippen LogP) is 2.53. The average molecular weight is 348 g/mol. The summed E-state index contributed by atoms with van der Waals surface area (Å²) in [5.74, 6) is 1.68. The van der Waals surface area contributed by atoms with Crippen LogP contribution in [0.15, 0.2) is 28.1 Å². The summed E-state index contributed by atoms with van der Waals surface area (Å²) >= 11 is 5.03. The Balaban J connectivity index is 2.29. The summed E-state index contributed by atoms with van der Waals surface area (Å²) in [6, 6.07) is 5.42. The Morgan fingerprint density at radius 3 is 2.83 bits per heavy atom. The average Bonchev–Trinajstić information content (AvgIpc) is 2.56. The Morgan fingerprint density at radius 1 is 1.42 bits per heavy atom. The van der Waals surface area contributed by atoms with E-state index in [2.05, 4.69) is 29.1 Å². The van der Waals surface area contributed by atoms with Crippen molar-refractivity contribution in [2.75, 3.05) is 13.7 Å². The van der Waals surface area contributed by atoms with Crippen molar-refractivity contribution in [2.45, 2.75) is 20.8 Å². The van der Waals surface area contributed by atoms with E-state index in [0.717, 1.165) is 10.2 Å². The zero-order chi connectivity index (χ0) is 17.7. The van der Waals surface area contributed by atoms with Crippen LogP contribution in [0.1, 0.15) is 25.1 Å². The lowest BCUT2D eigenvalue weighted by Gasteiger charge is -2.12. The number of aromatic amines is 1. The highest BCUT2D eigenvalue weighted by atomic mass is 32.1. The third-order valence-electron chi connectivity index (χ3n) is 3.10. The fourth-order valence-corrected chi connectivity index (χ4v) is 2.02. The minimum atomic E-state index is -0.362. The molecule has 0 aliphatic rings. The van der Waals surface area contributed by atoms with Crippen LogP contribution >= 0.6 is 12.2 Å². The number of rotatable bonds is 6. The van der Waals surface area contributed by atoms with Crippen LogP contribution in [0.2, 0.25) is 0 Å². The summed E-state index contributed by atoms with van der Waals surface area (Å²) in [5, 5.41) is 10.5. The number of hydrogen-bond donors (Lipinski definition) is 1. The number of aromatic nitrogens is 3. The molecule has 0 bridgehead atoms. The van der Waals surface area contributed by atoms with Crippen molar-refractivity contribution in [2.24, 2.45) is 11.0 Å². The zero-order valence-corrected chi connectivity index (χ0v) is 14.9. The summed E-state index contributed by atoms with van der Waals surface area (Å²) in [6.45, 7) is 6.34. The van der Waals surface area contributed by atoms with Crippen molar-refractivity contribution in [1.29, 1.82) is 0 Å². The van der Waals surface area contributed by atoms with Crippen LogP contribution in [0.3, 0.4) is 0 Å². The predicted molar refractivity (Wildman–Crippen MR) is 94.7 cm³/mol. The highest BCUT2D eigenvalue weighted by molar-refractivity contribution is 7.71. The Labute approximate surface area is 144 Å². The van der Waals surface area contributed by atoms with Crippen LogP contribution in [0.4, 0.5) is 0 Å². The quantitative estimate of drug-likeness (QED) is 0.641. The third-order valence-corrected chi connectivity index (χ3v) is 3.36. The van der Waals surface area contributed by atoms with E-state index in [1.54, 1.807) is 20.1 Å². The minimum Gasteiger partial charge on any atom is -0.493 e. The maximum absolute atomic E-state index is 12.0. The smallest absolute Gasteiger partial charge is 0.296 e. The van der Waals surface area contributed by atoms with Gasteiger partial charge in [-0.15, -0.1) is 0 Å². The standard InChI is InChI=1S/C16H20N4O3S/c1-10(2)9-23-13-6-5-12(7-14(13)22-4)8-17-20-15(21)11(3)18-19-16(20)24/h5-8,10H,9H2,1-4H3,(H,19,24)/b17-8-. The molecule has 0 spiro atoms. The second-order valence-corrected chi connectivity index (χ2v) is 5.98. The van der Waals surface area contributed by atoms with E-state index < -0.39 is 0 Å². The van der Waals surface area contributed by atoms with E-state index in [-0.39, 0.29) is 16.0 Å². The SMILES string of the molecule is COc1cc(/C=N\n2c(=S)[nH]nc(C)c2=O)ccc1OCC(C)C. The first kappa shape index (κ1) is 17.9. The number of H-pyrrole nitrogens is 1. The van der Waals surface area contributed by atoms with Gasteiger partial charge in [-0.05, 0) is 48.8 Å². The largest absolute Gasteiger partial charge is 0.493 e. The van der Waals surface area contributed by atoms with E-state index in [4.69, 9.17) is 21.7 Å². The summed E-state index contributed by atoms with van der Waals surface area (Å²) in [4.78, 5) is 12.0. The van der Waals surface area contributed by atoms with Gasteiger partial charge in [0.25, 0.3) is 5.56 Å². The molecule has 0 radical (unpaired) electrons. The molecule has 7 nitrogen and oxygen atoms in total. The van der Waals surface area contributed by atoms with Gasteiger partial charge in [0.05, 0.1) is 19.9 Å². The molecule has 0 amide bonds. The Bertz CT molecular complexity index is 855. The van der Waals surface area contributed by atoms with Gasteiger partial charge in [-0.2, -0.15) is 14.9 Å². The molecule has 0 aliphatic carbocycles. The Hall–Kier alpha value is -2.48. The van der Waals surface area contributed by atoms with Crippen LogP contribution in [0.5, 0.6) is 11.5 Å². The molecule has 0 unspecified atom stereocenters. The molecule has 0 fully saturated rings. The number of hydrogen-bond acceptors (Lipinski definition) is 6. The number of ether oxygens (including phenoxy) is 2. The van der Waals surface area contributed by atoms with Gasteiger partial charge >= 0.3 is 0 Å². The number of benzene rings is 1. The number of nitrogens with zero attached hydrogens (tertiary/aromatic N) is 3. The first-order chi connectivity index (χ1) is 11.4.